The molecule has 0 saturated carbocycles. The average Bonchev–Trinajstić information content (AvgIpc) is 2.48. The van der Waals surface area contributed by atoms with Gasteiger partial charge in [0.05, 0.1) is 24.6 Å². The molecule has 20 heavy (non-hydrogen) atoms. The van der Waals surface area contributed by atoms with Crippen LogP contribution in [0.25, 0.3) is 0 Å². The first-order chi connectivity index (χ1) is 9.54. The third-order valence-electron chi connectivity index (χ3n) is 2.79. The highest BCUT2D eigenvalue weighted by molar-refractivity contribution is 6.33. The fourth-order valence-corrected chi connectivity index (χ4v) is 1.95. The Morgan fingerprint density at radius 2 is 2.10 bits per heavy atom. The summed E-state index contributed by atoms with van der Waals surface area (Å²) in [6.45, 7) is 0. The topological polar surface area (TPSA) is 42.4 Å². The van der Waals surface area contributed by atoms with E-state index in [9.17, 15) is 9.18 Å². The zero-order valence-corrected chi connectivity index (χ0v) is 11.7. The van der Waals surface area contributed by atoms with Crippen LogP contribution in [-0.2, 0) is 0 Å². The molecule has 0 bridgehead atoms. The monoisotopic (exact) mass is 294 g/mol. The van der Waals surface area contributed by atoms with Gasteiger partial charge in [-0.25, -0.2) is 9.37 Å². The molecule has 0 atom stereocenters. The van der Waals surface area contributed by atoms with Gasteiger partial charge in [0, 0.05) is 7.05 Å². The van der Waals surface area contributed by atoms with E-state index in [-0.39, 0.29) is 10.7 Å². The van der Waals surface area contributed by atoms with Gasteiger partial charge in [-0.05, 0) is 18.2 Å². The Morgan fingerprint density at radius 3 is 2.80 bits per heavy atom. The molecule has 0 unspecified atom stereocenters. The predicted molar refractivity (Wildman–Crippen MR) is 74.9 cm³/mol. The second-order valence-corrected chi connectivity index (χ2v) is 4.39. The molecule has 0 saturated heterocycles. The van der Waals surface area contributed by atoms with Crippen molar-refractivity contribution in [3.8, 4) is 5.75 Å². The number of carbonyl (C=O) groups is 1. The molecule has 0 aliphatic carbocycles. The van der Waals surface area contributed by atoms with Crippen LogP contribution in [0.5, 0.6) is 5.75 Å². The molecule has 1 aromatic carbocycles. The molecule has 1 heterocycles. The number of ether oxygens (including phenoxy) is 1. The van der Waals surface area contributed by atoms with Gasteiger partial charge in [-0.1, -0.05) is 23.7 Å². The molecule has 0 aliphatic rings. The van der Waals surface area contributed by atoms with Gasteiger partial charge in [-0.2, -0.15) is 0 Å². The Balaban J connectivity index is 2.40. The van der Waals surface area contributed by atoms with Gasteiger partial charge in [0.1, 0.15) is 16.7 Å². The summed E-state index contributed by atoms with van der Waals surface area (Å²) in [7, 11) is 3.06. The molecule has 0 fully saturated rings. The standard InChI is InChI=1S/C14H12ClFN2O2/c1-18(11-5-3-4-6-12(11)20-2)14(19)10-7-9(16)8-17-13(10)15/h3-8H,1-2H3. The van der Waals surface area contributed by atoms with Crippen molar-refractivity contribution < 1.29 is 13.9 Å². The third-order valence-corrected chi connectivity index (χ3v) is 3.09. The maximum atomic E-state index is 13.2. The van der Waals surface area contributed by atoms with Crippen molar-refractivity contribution in [1.29, 1.82) is 0 Å². The van der Waals surface area contributed by atoms with E-state index in [2.05, 4.69) is 4.98 Å². The highest BCUT2D eigenvalue weighted by atomic mass is 35.5. The molecule has 104 valence electrons. The quantitative estimate of drug-likeness (QED) is 0.817. The molecule has 0 radical (unpaired) electrons. The fraction of sp³-hybridized carbons (Fsp3) is 0.143. The van der Waals surface area contributed by atoms with Crippen molar-refractivity contribution >= 4 is 23.2 Å². The fourth-order valence-electron chi connectivity index (χ4n) is 1.77. The lowest BCUT2D eigenvalue weighted by Gasteiger charge is -2.20. The molecular weight excluding hydrogens is 283 g/mol. The Bertz CT molecular complexity index is 649. The van der Waals surface area contributed by atoms with E-state index in [1.165, 1.54) is 12.0 Å². The van der Waals surface area contributed by atoms with Gasteiger partial charge in [0.25, 0.3) is 5.91 Å². The first-order valence-electron chi connectivity index (χ1n) is 5.76. The number of para-hydroxylation sites is 2. The van der Waals surface area contributed by atoms with Gasteiger partial charge in [0.15, 0.2) is 0 Å². The Labute approximate surface area is 120 Å². The zero-order valence-electron chi connectivity index (χ0n) is 10.9. The van der Waals surface area contributed by atoms with E-state index in [0.29, 0.717) is 11.4 Å². The summed E-state index contributed by atoms with van der Waals surface area (Å²) in [5, 5.41) is -0.0434. The van der Waals surface area contributed by atoms with Crippen LogP contribution >= 0.6 is 11.6 Å². The average molecular weight is 295 g/mol. The number of hydrogen-bond donors (Lipinski definition) is 0. The van der Waals surface area contributed by atoms with Crippen LogP contribution in [-0.4, -0.2) is 25.0 Å². The smallest absolute Gasteiger partial charge is 0.261 e. The maximum absolute atomic E-state index is 13.2. The van der Waals surface area contributed by atoms with E-state index < -0.39 is 11.7 Å². The molecule has 4 nitrogen and oxygen atoms in total. The summed E-state index contributed by atoms with van der Waals surface area (Å²) in [6, 6.07) is 8.07. The van der Waals surface area contributed by atoms with Crippen LogP contribution < -0.4 is 9.64 Å². The van der Waals surface area contributed by atoms with Crippen molar-refractivity contribution in [1.82, 2.24) is 4.98 Å². The van der Waals surface area contributed by atoms with Crippen molar-refractivity contribution in [2.24, 2.45) is 0 Å². The normalized spacial score (nSPS) is 10.2. The third kappa shape index (κ3) is 2.72. The molecule has 1 amide bonds. The van der Waals surface area contributed by atoms with Crippen molar-refractivity contribution in [3.63, 3.8) is 0 Å². The summed E-state index contributed by atoms with van der Waals surface area (Å²) in [5.74, 6) is -0.554. The number of amides is 1. The Morgan fingerprint density at radius 1 is 1.40 bits per heavy atom. The summed E-state index contributed by atoms with van der Waals surface area (Å²) in [4.78, 5) is 17.3. The largest absolute Gasteiger partial charge is 0.495 e. The van der Waals surface area contributed by atoms with Crippen molar-refractivity contribution in [3.05, 3.63) is 53.1 Å². The highest BCUT2D eigenvalue weighted by Gasteiger charge is 2.20. The summed E-state index contributed by atoms with van der Waals surface area (Å²) in [6.07, 6.45) is 0.961. The lowest BCUT2D eigenvalue weighted by Crippen LogP contribution is -2.27. The Kier molecular flexibility index (Phi) is 4.20. The minimum atomic E-state index is -0.619. The van der Waals surface area contributed by atoms with Crippen LogP contribution in [0.4, 0.5) is 10.1 Å². The van der Waals surface area contributed by atoms with E-state index in [1.807, 2.05) is 0 Å². The molecule has 6 heteroatoms. The number of halogens is 2. The number of benzene rings is 1. The summed E-state index contributed by atoms with van der Waals surface area (Å²) in [5.41, 5.74) is 0.556. The lowest BCUT2D eigenvalue weighted by molar-refractivity contribution is 0.0991. The van der Waals surface area contributed by atoms with Crippen LogP contribution in [0.1, 0.15) is 10.4 Å². The second kappa shape index (κ2) is 5.88. The van der Waals surface area contributed by atoms with Crippen molar-refractivity contribution in [2.45, 2.75) is 0 Å². The maximum Gasteiger partial charge on any atom is 0.261 e. The molecule has 0 N–H and O–H groups in total. The minimum Gasteiger partial charge on any atom is -0.495 e. The molecule has 2 aromatic rings. The number of rotatable bonds is 3. The molecule has 1 aromatic heterocycles. The highest BCUT2D eigenvalue weighted by Crippen LogP contribution is 2.28. The van der Waals surface area contributed by atoms with Crippen LogP contribution in [0.2, 0.25) is 5.15 Å². The molecule has 0 spiro atoms. The Hall–Kier alpha value is -2.14. The number of pyridine rings is 1. The number of methoxy groups -OCH3 is 1. The SMILES string of the molecule is COc1ccccc1N(C)C(=O)c1cc(F)cnc1Cl. The van der Waals surface area contributed by atoms with Gasteiger partial charge < -0.3 is 9.64 Å². The molecule has 2 rings (SSSR count). The number of aromatic nitrogens is 1. The first kappa shape index (κ1) is 14.3. The van der Waals surface area contributed by atoms with Crippen molar-refractivity contribution in [2.75, 3.05) is 19.1 Å². The number of nitrogens with zero attached hydrogens (tertiary/aromatic N) is 2. The van der Waals surface area contributed by atoms with Crippen LogP contribution in [0, 0.1) is 5.82 Å². The van der Waals surface area contributed by atoms with Gasteiger partial charge in [0.2, 0.25) is 0 Å². The van der Waals surface area contributed by atoms with Gasteiger partial charge >= 0.3 is 0 Å². The van der Waals surface area contributed by atoms with E-state index in [4.69, 9.17) is 16.3 Å². The zero-order chi connectivity index (χ0) is 14.7. The van der Waals surface area contributed by atoms with E-state index >= 15 is 0 Å². The van der Waals surface area contributed by atoms with Gasteiger partial charge in [-0.15, -0.1) is 0 Å². The van der Waals surface area contributed by atoms with Crippen LogP contribution in [0.15, 0.2) is 36.5 Å². The van der Waals surface area contributed by atoms with E-state index in [1.54, 1.807) is 31.3 Å². The molecular formula is C14H12ClFN2O2. The number of anilines is 1. The molecule has 0 aliphatic heterocycles. The number of carbonyl (C=O) groups excluding carboxylic acids is 1. The summed E-state index contributed by atoms with van der Waals surface area (Å²) >= 11 is 5.84. The number of hydrogen-bond acceptors (Lipinski definition) is 3. The second-order valence-electron chi connectivity index (χ2n) is 4.03. The first-order valence-corrected chi connectivity index (χ1v) is 6.14. The van der Waals surface area contributed by atoms with E-state index in [0.717, 1.165) is 12.3 Å². The predicted octanol–water partition coefficient (Wildman–Crippen LogP) is 3.16. The summed E-state index contributed by atoms with van der Waals surface area (Å²) < 4.78 is 18.4. The van der Waals surface area contributed by atoms with Gasteiger partial charge in [-0.3, -0.25) is 4.79 Å². The minimum absolute atomic E-state index is 0.0000674. The lowest BCUT2D eigenvalue weighted by atomic mass is 10.2. The van der Waals surface area contributed by atoms with Crippen LogP contribution in [0.3, 0.4) is 0 Å².